The molecule has 2 unspecified atom stereocenters. The lowest BCUT2D eigenvalue weighted by Crippen LogP contribution is -2.55. The van der Waals surface area contributed by atoms with E-state index in [4.69, 9.17) is 10.5 Å². The molecule has 0 saturated carbocycles. The number of nitrogens with two attached hydrogens (primary N) is 1. The van der Waals surface area contributed by atoms with Gasteiger partial charge in [-0.05, 0) is 38.8 Å². The van der Waals surface area contributed by atoms with Gasteiger partial charge in [0.05, 0.1) is 6.61 Å². The van der Waals surface area contributed by atoms with Gasteiger partial charge in [0.25, 0.3) is 0 Å². The fourth-order valence-corrected chi connectivity index (χ4v) is 3.40. The first-order chi connectivity index (χ1) is 8.69. The summed E-state index contributed by atoms with van der Waals surface area (Å²) in [6.45, 7) is 5.12. The normalized spacial score (nSPS) is 37.6. The Hall–Kier alpha value is -0.650. The van der Waals surface area contributed by atoms with Gasteiger partial charge < -0.3 is 15.4 Å². The second kappa shape index (κ2) is 4.79. The van der Waals surface area contributed by atoms with Crippen LogP contribution in [0.3, 0.4) is 0 Å². The second-order valence-corrected chi connectivity index (χ2v) is 5.90. The average Bonchev–Trinajstić information content (AvgIpc) is 3.09. The maximum absolute atomic E-state index is 12.4. The molecule has 0 spiro atoms. The topological polar surface area (TPSA) is 58.8 Å². The van der Waals surface area contributed by atoms with Crippen LogP contribution in [0.15, 0.2) is 0 Å². The van der Waals surface area contributed by atoms with Crippen LogP contribution in [0.5, 0.6) is 0 Å². The highest BCUT2D eigenvalue weighted by molar-refractivity contribution is 5.87. The van der Waals surface area contributed by atoms with Crippen LogP contribution >= 0.6 is 0 Å². The largest absolute Gasteiger partial charge is 0.379 e. The molecule has 0 bridgehead atoms. The van der Waals surface area contributed by atoms with Crippen LogP contribution in [0.25, 0.3) is 0 Å². The smallest absolute Gasteiger partial charge is 0.245 e. The van der Waals surface area contributed by atoms with Crippen molar-refractivity contribution in [3.8, 4) is 0 Å². The summed E-state index contributed by atoms with van der Waals surface area (Å²) < 4.78 is 5.28. The SMILES string of the molecule is NC1(C(=O)N2CCC(N3CCCC3)C2)CCOC1. The minimum atomic E-state index is -0.750. The molecule has 3 fully saturated rings. The zero-order valence-electron chi connectivity index (χ0n) is 10.9. The number of nitrogens with zero attached hydrogens (tertiary/aromatic N) is 2. The quantitative estimate of drug-likeness (QED) is 0.740. The van der Waals surface area contributed by atoms with Crippen molar-refractivity contribution >= 4 is 5.91 Å². The van der Waals surface area contributed by atoms with E-state index in [1.54, 1.807) is 0 Å². The predicted molar refractivity (Wildman–Crippen MR) is 68.1 cm³/mol. The maximum Gasteiger partial charge on any atom is 0.245 e. The van der Waals surface area contributed by atoms with Gasteiger partial charge in [-0.25, -0.2) is 0 Å². The van der Waals surface area contributed by atoms with E-state index in [0.717, 1.165) is 19.5 Å². The van der Waals surface area contributed by atoms with Crippen LogP contribution in [-0.2, 0) is 9.53 Å². The molecule has 0 aromatic heterocycles. The number of carbonyl (C=O) groups is 1. The number of amides is 1. The first-order valence-corrected chi connectivity index (χ1v) is 7.09. The maximum atomic E-state index is 12.4. The van der Waals surface area contributed by atoms with Gasteiger partial charge in [-0.15, -0.1) is 0 Å². The number of ether oxygens (including phenoxy) is 1. The summed E-state index contributed by atoms with van der Waals surface area (Å²) in [6, 6.07) is 0.558. The van der Waals surface area contributed by atoms with Crippen molar-refractivity contribution < 1.29 is 9.53 Å². The van der Waals surface area contributed by atoms with Crippen LogP contribution in [0.4, 0.5) is 0 Å². The Labute approximate surface area is 108 Å². The zero-order chi connectivity index (χ0) is 12.6. The summed E-state index contributed by atoms with van der Waals surface area (Å²) in [7, 11) is 0. The number of hydrogen-bond donors (Lipinski definition) is 1. The number of rotatable bonds is 2. The molecule has 2 atom stereocenters. The molecule has 0 aromatic carbocycles. The third-order valence-electron chi connectivity index (χ3n) is 4.59. The van der Waals surface area contributed by atoms with Gasteiger partial charge in [0.1, 0.15) is 5.54 Å². The molecular weight excluding hydrogens is 230 g/mol. The molecule has 0 aliphatic carbocycles. The van der Waals surface area contributed by atoms with E-state index in [2.05, 4.69) is 4.90 Å². The molecule has 102 valence electrons. The van der Waals surface area contributed by atoms with Gasteiger partial charge in [0.15, 0.2) is 0 Å². The molecule has 0 aromatic rings. The van der Waals surface area contributed by atoms with Crippen LogP contribution in [0.2, 0.25) is 0 Å². The summed E-state index contributed by atoms with van der Waals surface area (Å²) in [5.41, 5.74) is 5.40. The average molecular weight is 253 g/mol. The minimum absolute atomic E-state index is 0.0988. The molecule has 3 aliphatic rings. The van der Waals surface area contributed by atoms with Crippen molar-refractivity contribution in [2.75, 3.05) is 39.4 Å². The van der Waals surface area contributed by atoms with Gasteiger partial charge in [-0.3, -0.25) is 9.69 Å². The molecule has 3 rings (SSSR count). The van der Waals surface area contributed by atoms with E-state index in [0.29, 0.717) is 25.7 Å². The Balaban J connectivity index is 1.59. The lowest BCUT2D eigenvalue weighted by molar-refractivity contribution is -0.136. The van der Waals surface area contributed by atoms with Crippen molar-refractivity contribution in [3.05, 3.63) is 0 Å². The Bertz CT molecular complexity index is 322. The van der Waals surface area contributed by atoms with E-state index < -0.39 is 5.54 Å². The number of likely N-dealkylation sites (tertiary alicyclic amines) is 2. The molecule has 1 amide bonds. The minimum Gasteiger partial charge on any atom is -0.379 e. The second-order valence-electron chi connectivity index (χ2n) is 5.90. The Morgan fingerprint density at radius 2 is 2.06 bits per heavy atom. The highest BCUT2D eigenvalue weighted by Crippen LogP contribution is 2.25. The van der Waals surface area contributed by atoms with Gasteiger partial charge in [0.2, 0.25) is 5.91 Å². The van der Waals surface area contributed by atoms with E-state index >= 15 is 0 Å². The number of hydrogen-bond acceptors (Lipinski definition) is 4. The molecule has 18 heavy (non-hydrogen) atoms. The van der Waals surface area contributed by atoms with Crippen molar-refractivity contribution in [3.63, 3.8) is 0 Å². The fourth-order valence-electron chi connectivity index (χ4n) is 3.40. The van der Waals surface area contributed by atoms with Gasteiger partial charge in [-0.1, -0.05) is 0 Å². The molecular formula is C13H23N3O2. The summed E-state index contributed by atoms with van der Waals surface area (Å²) in [5.74, 6) is 0.0988. The van der Waals surface area contributed by atoms with Crippen molar-refractivity contribution in [1.82, 2.24) is 9.80 Å². The van der Waals surface area contributed by atoms with E-state index in [-0.39, 0.29) is 5.91 Å². The van der Waals surface area contributed by atoms with Crippen molar-refractivity contribution in [2.45, 2.75) is 37.3 Å². The lowest BCUT2D eigenvalue weighted by Gasteiger charge is -2.28. The van der Waals surface area contributed by atoms with Crippen LogP contribution < -0.4 is 5.73 Å². The summed E-state index contributed by atoms with van der Waals surface area (Å²) in [5, 5.41) is 0. The summed E-state index contributed by atoms with van der Waals surface area (Å²) >= 11 is 0. The Morgan fingerprint density at radius 3 is 2.72 bits per heavy atom. The van der Waals surface area contributed by atoms with Gasteiger partial charge >= 0.3 is 0 Å². The van der Waals surface area contributed by atoms with Crippen LogP contribution in [0, 0.1) is 0 Å². The highest BCUT2D eigenvalue weighted by atomic mass is 16.5. The lowest BCUT2D eigenvalue weighted by atomic mass is 9.98. The predicted octanol–water partition coefficient (Wildman–Crippen LogP) is -0.199. The summed E-state index contributed by atoms with van der Waals surface area (Å²) in [4.78, 5) is 16.9. The Morgan fingerprint density at radius 1 is 1.28 bits per heavy atom. The third kappa shape index (κ3) is 2.15. The fraction of sp³-hybridized carbons (Fsp3) is 0.923. The van der Waals surface area contributed by atoms with Gasteiger partial charge in [-0.2, -0.15) is 0 Å². The Kier molecular flexibility index (Phi) is 3.30. The van der Waals surface area contributed by atoms with Gasteiger partial charge in [0, 0.05) is 25.7 Å². The summed E-state index contributed by atoms with van der Waals surface area (Å²) in [6.07, 6.45) is 4.37. The molecule has 5 nitrogen and oxygen atoms in total. The standard InChI is InChI=1S/C13H23N3O2/c14-13(4-8-18-10-13)12(17)16-7-3-11(9-16)15-5-1-2-6-15/h11H,1-10,14H2. The van der Waals surface area contributed by atoms with Crippen molar-refractivity contribution in [2.24, 2.45) is 5.73 Å². The molecule has 0 radical (unpaired) electrons. The van der Waals surface area contributed by atoms with E-state index in [9.17, 15) is 4.79 Å². The van der Waals surface area contributed by atoms with Crippen LogP contribution in [0.1, 0.15) is 25.7 Å². The van der Waals surface area contributed by atoms with E-state index in [1.807, 2.05) is 4.90 Å². The first kappa shape index (κ1) is 12.4. The number of carbonyl (C=O) groups excluding carboxylic acids is 1. The molecule has 3 aliphatic heterocycles. The highest BCUT2D eigenvalue weighted by Gasteiger charge is 2.43. The third-order valence-corrected chi connectivity index (χ3v) is 4.59. The molecule has 2 N–H and O–H groups in total. The van der Waals surface area contributed by atoms with Crippen LogP contribution in [-0.4, -0.2) is 66.7 Å². The van der Waals surface area contributed by atoms with Crippen molar-refractivity contribution in [1.29, 1.82) is 0 Å². The molecule has 3 heterocycles. The molecule has 5 heteroatoms. The monoisotopic (exact) mass is 253 g/mol. The molecule has 3 saturated heterocycles. The zero-order valence-corrected chi connectivity index (χ0v) is 10.9. The van der Waals surface area contributed by atoms with E-state index in [1.165, 1.54) is 25.9 Å². The first-order valence-electron chi connectivity index (χ1n) is 7.09.